The molecule has 4 rings (SSSR count). The van der Waals surface area contributed by atoms with E-state index in [1.165, 1.54) is 6.20 Å². The molecule has 0 atom stereocenters. The van der Waals surface area contributed by atoms with Gasteiger partial charge in [-0.3, -0.25) is 9.78 Å². The smallest absolute Gasteiger partial charge is 0.196 e. The Labute approximate surface area is 137 Å². The van der Waals surface area contributed by atoms with Crippen molar-refractivity contribution in [1.82, 2.24) is 4.98 Å². The van der Waals surface area contributed by atoms with Crippen molar-refractivity contribution < 1.29 is 4.79 Å². The molecule has 1 heterocycles. The Kier molecular flexibility index (Phi) is 3.00. The number of nitriles is 1. The number of ketones is 1. The summed E-state index contributed by atoms with van der Waals surface area (Å²) in [4.78, 5) is 17.2. The van der Waals surface area contributed by atoms with E-state index in [4.69, 9.17) is 11.6 Å². The Bertz CT molecular complexity index is 1000. The highest BCUT2D eigenvalue weighted by atomic mass is 35.5. The zero-order valence-electron chi connectivity index (χ0n) is 11.9. The third-order valence-corrected chi connectivity index (χ3v) is 4.24. The van der Waals surface area contributed by atoms with Crippen molar-refractivity contribution in [3.8, 4) is 28.5 Å². The Hall–Kier alpha value is -2.96. The summed E-state index contributed by atoms with van der Waals surface area (Å²) in [6, 6.07) is 16.6. The average molecular weight is 317 g/mol. The molecule has 0 bridgehead atoms. The van der Waals surface area contributed by atoms with E-state index in [1.54, 1.807) is 18.2 Å². The highest BCUT2D eigenvalue weighted by Crippen LogP contribution is 2.41. The quantitative estimate of drug-likeness (QED) is 0.520. The Balaban J connectivity index is 2.07. The summed E-state index contributed by atoms with van der Waals surface area (Å²) in [6.07, 6.45) is 1.53. The highest BCUT2D eigenvalue weighted by molar-refractivity contribution is 6.30. The summed E-state index contributed by atoms with van der Waals surface area (Å²) in [5.74, 6) is -0.0925. The molecule has 0 spiro atoms. The van der Waals surface area contributed by atoms with Crippen LogP contribution in [0.1, 0.15) is 21.5 Å². The summed E-state index contributed by atoms with van der Waals surface area (Å²) in [6.45, 7) is 0. The zero-order valence-corrected chi connectivity index (χ0v) is 12.6. The number of hydrogen-bond donors (Lipinski definition) is 0. The van der Waals surface area contributed by atoms with Gasteiger partial charge in [0, 0.05) is 27.9 Å². The number of rotatable bonds is 1. The molecule has 1 aliphatic carbocycles. The maximum atomic E-state index is 12.8. The van der Waals surface area contributed by atoms with Crippen molar-refractivity contribution in [2.75, 3.05) is 0 Å². The molecule has 0 N–H and O–H groups in total. The fourth-order valence-corrected chi connectivity index (χ4v) is 3.09. The second kappa shape index (κ2) is 5.05. The number of aromatic nitrogens is 1. The first-order valence-corrected chi connectivity index (χ1v) is 7.41. The minimum Gasteiger partial charge on any atom is -0.288 e. The van der Waals surface area contributed by atoms with E-state index in [1.807, 2.05) is 30.3 Å². The number of fused-ring (bicyclic) bond motifs is 3. The van der Waals surface area contributed by atoms with Crippen molar-refractivity contribution in [3.63, 3.8) is 0 Å². The fourth-order valence-electron chi connectivity index (χ4n) is 2.96. The van der Waals surface area contributed by atoms with E-state index in [0.717, 1.165) is 11.1 Å². The maximum absolute atomic E-state index is 12.8. The lowest BCUT2D eigenvalue weighted by molar-refractivity contribution is 0.104. The molecular weight excluding hydrogens is 308 g/mol. The summed E-state index contributed by atoms with van der Waals surface area (Å²) in [5.41, 5.74) is 4.35. The van der Waals surface area contributed by atoms with Crippen molar-refractivity contribution in [1.29, 1.82) is 5.26 Å². The Morgan fingerprint density at radius 1 is 0.957 bits per heavy atom. The first-order valence-electron chi connectivity index (χ1n) is 7.04. The van der Waals surface area contributed by atoms with Crippen LogP contribution in [-0.4, -0.2) is 10.8 Å². The number of carbonyl (C=O) groups excluding carboxylic acids is 1. The molecule has 108 valence electrons. The van der Waals surface area contributed by atoms with Crippen molar-refractivity contribution in [2.24, 2.45) is 0 Å². The normalized spacial score (nSPS) is 11.7. The largest absolute Gasteiger partial charge is 0.288 e. The average Bonchev–Trinajstić information content (AvgIpc) is 2.88. The van der Waals surface area contributed by atoms with Gasteiger partial charge in [-0.15, -0.1) is 0 Å². The number of benzene rings is 2. The predicted octanol–water partition coefficient (Wildman–Crippen LogP) is 4.49. The lowest BCUT2D eigenvalue weighted by atomic mass is 9.94. The topological polar surface area (TPSA) is 53.8 Å². The minimum atomic E-state index is -0.0925. The second-order valence-corrected chi connectivity index (χ2v) is 5.70. The van der Waals surface area contributed by atoms with Crippen LogP contribution in [0.5, 0.6) is 0 Å². The molecule has 0 aliphatic heterocycles. The van der Waals surface area contributed by atoms with E-state index >= 15 is 0 Å². The van der Waals surface area contributed by atoms with Gasteiger partial charge in [0.2, 0.25) is 0 Å². The molecule has 0 fully saturated rings. The number of halogens is 1. The summed E-state index contributed by atoms with van der Waals surface area (Å²) < 4.78 is 0. The predicted molar refractivity (Wildman–Crippen MR) is 88.3 cm³/mol. The Morgan fingerprint density at radius 2 is 1.65 bits per heavy atom. The number of nitrogens with zero attached hydrogens (tertiary/aromatic N) is 2. The first-order chi connectivity index (χ1) is 11.2. The van der Waals surface area contributed by atoms with Crippen LogP contribution in [0.15, 0.2) is 54.7 Å². The van der Waals surface area contributed by atoms with Gasteiger partial charge in [0.15, 0.2) is 5.78 Å². The van der Waals surface area contributed by atoms with Crippen LogP contribution >= 0.6 is 11.6 Å². The number of hydrogen-bond acceptors (Lipinski definition) is 3. The van der Waals surface area contributed by atoms with Crippen LogP contribution in [0, 0.1) is 11.3 Å². The van der Waals surface area contributed by atoms with E-state index in [0.29, 0.717) is 33.0 Å². The van der Waals surface area contributed by atoms with Gasteiger partial charge >= 0.3 is 0 Å². The molecule has 0 unspecified atom stereocenters. The second-order valence-electron chi connectivity index (χ2n) is 5.26. The van der Waals surface area contributed by atoms with Crippen LogP contribution in [0.2, 0.25) is 5.02 Å². The summed E-state index contributed by atoms with van der Waals surface area (Å²) in [5, 5.41) is 10.0. The molecule has 23 heavy (non-hydrogen) atoms. The molecule has 3 nitrogen and oxygen atoms in total. The third kappa shape index (κ3) is 1.97. The van der Waals surface area contributed by atoms with Crippen LogP contribution in [-0.2, 0) is 0 Å². The van der Waals surface area contributed by atoms with Gasteiger partial charge in [0.05, 0.1) is 16.8 Å². The van der Waals surface area contributed by atoms with Gasteiger partial charge in [0.1, 0.15) is 6.07 Å². The molecule has 0 saturated carbocycles. The molecule has 4 heteroatoms. The molecular formula is C19H9ClN2O. The lowest BCUT2D eigenvalue weighted by Crippen LogP contribution is -2.01. The van der Waals surface area contributed by atoms with Crippen molar-refractivity contribution in [2.45, 2.75) is 0 Å². The minimum absolute atomic E-state index is 0.0925. The van der Waals surface area contributed by atoms with Gasteiger partial charge in [-0.05, 0) is 17.7 Å². The van der Waals surface area contributed by atoms with Gasteiger partial charge in [-0.1, -0.05) is 48.0 Å². The maximum Gasteiger partial charge on any atom is 0.196 e. The van der Waals surface area contributed by atoms with Crippen LogP contribution in [0.3, 0.4) is 0 Å². The van der Waals surface area contributed by atoms with Crippen LogP contribution < -0.4 is 0 Å². The molecule has 0 saturated heterocycles. The lowest BCUT2D eigenvalue weighted by Gasteiger charge is -2.09. The summed E-state index contributed by atoms with van der Waals surface area (Å²) in [7, 11) is 0. The molecule has 0 amide bonds. The van der Waals surface area contributed by atoms with Gasteiger partial charge < -0.3 is 0 Å². The highest BCUT2D eigenvalue weighted by Gasteiger charge is 2.32. The van der Waals surface area contributed by atoms with E-state index < -0.39 is 0 Å². The SMILES string of the molecule is N#Cc1cnc2c(c1-c1ccc(Cl)cc1)C(=O)c1ccccc1-2. The van der Waals surface area contributed by atoms with Crippen LogP contribution in [0.25, 0.3) is 22.4 Å². The zero-order chi connectivity index (χ0) is 16.0. The van der Waals surface area contributed by atoms with E-state index in [-0.39, 0.29) is 5.78 Å². The number of pyridine rings is 1. The fraction of sp³-hybridized carbons (Fsp3) is 0. The Morgan fingerprint density at radius 3 is 2.35 bits per heavy atom. The van der Waals surface area contributed by atoms with Crippen molar-refractivity contribution in [3.05, 3.63) is 76.4 Å². The van der Waals surface area contributed by atoms with E-state index in [2.05, 4.69) is 11.1 Å². The third-order valence-electron chi connectivity index (χ3n) is 3.99. The molecule has 2 aromatic carbocycles. The summed E-state index contributed by atoms with van der Waals surface area (Å²) >= 11 is 5.95. The molecule has 1 aliphatic rings. The molecule has 3 aromatic rings. The van der Waals surface area contributed by atoms with Gasteiger partial charge in [-0.25, -0.2) is 0 Å². The van der Waals surface area contributed by atoms with Crippen LogP contribution in [0.4, 0.5) is 0 Å². The monoisotopic (exact) mass is 316 g/mol. The van der Waals surface area contributed by atoms with Gasteiger partial charge in [-0.2, -0.15) is 5.26 Å². The standard InChI is InChI=1S/C19H9ClN2O/c20-13-7-5-11(6-8-13)16-12(9-21)10-22-18-14-3-1-2-4-15(14)19(23)17(16)18/h1-8,10H. The first kappa shape index (κ1) is 13.7. The van der Waals surface area contributed by atoms with Crippen molar-refractivity contribution >= 4 is 17.4 Å². The van der Waals surface area contributed by atoms with Gasteiger partial charge in [0.25, 0.3) is 0 Å². The molecule has 0 radical (unpaired) electrons. The molecule has 1 aromatic heterocycles. The number of carbonyl (C=O) groups is 1. The van der Waals surface area contributed by atoms with E-state index in [9.17, 15) is 10.1 Å².